The summed E-state index contributed by atoms with van der Waals surface area (Å²) in [5, 5.41) is 2.82. The molecule has 4 nitrogen and oxygen atoms in total. The van der Waals surface area contributed by atoms with Crippen LogP contribution in [0.25, 0.3) is 6.08 Å². The number of pyridine rings is 1. The number of carbonyl (C=O) groups excluding carboxylic acids is 1. The third-order valence-corrected chi connectivity index (χ3v) is 2.52. The molecular formula is C15H22N2O2. The van der Waals surface area contributed by atoms with E-state index in [0.29, 0.717) is 13.2 Å². The Morgan fingerprint density at radius 3 is 3.00 bits per heavy atom. The minimum atomic E-state index is -0.0857. The van der Waals surface area contributed by atoms with E-state index in [9.17, 15) is 4.79 Å². The average molecular weight is 262 g/mol. The summed E-state index contributed by atoms with van der Waals surface area (Å²) < 4.78 is 5.41. The number of rotatable bonds is 9. The van der Waals surface area contributed by atoms with Crippen LogP contribution in [0.4, 0.5) is 0 Å². The van der Waals surface area contributed by atoms with Crippen molar-refractivity contribution in [3.63, 3.8) is 0 Å². The molecular weight excluding hydrogens is 240 g/mol. The minimum absolute atomic E-state index is 0.0857. The molecule has 1 N–H and O–H groups in total. The van der Waals surface area contributed by atoms with Crippen molar-refractivity contribution >= 4 is 12.0 Å². The molecule has 1 heterocycles. The first-order valence-corrected chi connectivity index (χ1v) is 6.76. The van der Waals surface area contributed by atoms with Crippen LogP contribution < -0.4 is 5.32 Å². The summed E-state index contributed by atoms with van der Waals surface area (Å²) in [4.78, 5) is 15.5. The maximum atomic E-state index is 11.5. The van der Waals surface area contributed by atoms with Gasteiger partial charge in [-0.2, -0.15) is 0 Å². The van der Waals surface area contributed by atoms with Crippen molar-refractivity contribution in [2.24, 2.45) is 0 Å². The number of unbranched alkanes of at least 4 members (excludes halogenated alkanes) is 1. The molecule has 0 unspecified atom stereocenters. The van der Waals surface area contributed by atoms with Gasteiger partial charge in [0.05, 0.1) is 0 Å². The van der Waals surface area contributed by atoms with Gasteiger partial charge in [-0.3, -0.25) is 9.78 Å². The standard InChI is InChI=1S/C15H22N2O2/c1-2-3-11-19-12-5-10-17-15(18)8-7-14-6-4-9-16-13-14/h4,6-9,13H,2-3,5,10-12H2,1H3,(H,17,18)/b8-7+. The summed E-state index contributed by atoms with van der Waals surface area (Å²) in [5.41, 5.74) is 0.917. The van der Waals surface area contributed by atoms with E-state index in [0.717, 1.165) is 31.4 Å². The van der Waals surface area contributed by atoms with Crippen LogP contribution in [-0.4, -0.2) is 30.6 Å². The number of amides is 1. The summed E-state index contributed by atoms with van der Waals surface area (Å²) in [6, 6.07) is 3.74. The first-order valence-electron chi connectivity index (χ1n) is 6.76. The zero-order valence-corrected chi connectivity index (χ0v) is 11.5. The first kappa shape index (κ1) is 15.4. The molecule has 104 valence electrons. The van der Waals surface area contributed by atoms with Crippen LogP contribution in [0.5, 0.6) is 0 Å². The number of aromatic nitrogens is 1. The topological polar surface area (TPSA) is 51.2 Å². The van der Waals surface area contributed by atoms with E-state index >= 15 is 0 Å². The smallest absolute Gasteiger partial charge is 0.244 e. The van der Waals surface area contributed by atoms with Crippen LogP contribution in [0, 0.1) is 0 Å². The molecule has 0 aliphatic carbocycles. The Balaban J connectivity index is 2.07. The third kappa shape index (κ3) is 8.11. The quantitative estimate of drug-likeness (QED) is 0.549. The Morgan fingerprint density at radius 2 is 2.26 bits per heavy atom. The summed E-state index contributed by atoms with van der Waals surface area (Å²) in [6.07, 6.45) is 9.78. The number of nitrogens with one attached hydrogen (secondary N) is 1. The van der Waals surface area contributed by atoms with Gasteiger partial charge >= 0.3 is 0 Å². The molecule has 4 heteroatoms. The second-order valence-electron chi connectivity index (χ2n) is 4.23. The van der Waals surface area contributed by atoms with E-state index in [1.165, 1.54) is 6.08 Å². The maximum absolute atomic E-state index is 11.5. The number of carbonyl (C=O) groups is 1. The van der Waals surface area contributed by atoms with Crippen molar-refractivity contribution in [1.82, 2.24) is 10.3 Å². The molecule has 0 aromatic carbocycles. The van der Waals surface area contributed by atoms with Gasteiger partial charge in [-0.15, -0.1) is 0 Å². The van der Waals surface area contributed by atoms with E-state index in [4.69, 9.17) is 4.74 Å². The lowest BCUT2D eigenvalue weighted by molar-refractivity contribution is -0.116. The molecule has 0 saturated heterocycles. The summed E-state index contributed by atoms with van der Waals surface area (Å²) in [7, 11) is 0. The largest absolute Gasteiger partial charge is 0.381 e. The Bertz CT molecular complexity index is 377. The molecule has 0 bridgehead atoms. The second-order valence-corrected chi connectivity index (χ2v) is 4.23. The van der Waals surface area contributed by atoms with Gasteiger partial charge in [-0.1, -0.05) is 19.4 Å². The SMILES string of the molecule is CCCCOCCCNC(=O)/C=C/c1cccnc1. The molecule has 1 amide bonds. The monoisotopic (exact) mass is 262 g/mol. The van der Waals surface area contributed by atoms with Crippen LogP contribution in [0.1, 0.15) is 31.7 Å². The van der Waals surface area contributed by atoms with Gasteiger partial charge in [0.2, 0.25) is 5.91 Å². The maximum Gasteiger partial charge on any atom is 0.244 e. The highest BCUT2D eigenvalue weighted by Crippen LogP contribution is 1.97. The van der Waals surface area contributed by atoms with Crippen LogP contribution in [0.15, 0.2) is 30.6 Å². The van der Waals surface area contributed by atoms with Crippen LogP contribution in [-0.2, 0) is 9.53 Å². The predicted octanol–water partition coefficient (Wildman–Crippen LogP) is 2.42. The number of nitrogens with zero attached hydrogens (tertiary/aromatic N) is 1. The fourth-order valence-corrected chi connectivity index (χ4v) is 1.44. The van der Waals surface area contributed by atoms with Gasteiger partial charge < -0.3 is 10.1 Å². The predicted molar refractivity (Wildman–Crippen MR) is 76.6 cm³/mol. The number of ether oxygens (including phenoxy) is 1. The van der Waals surface area contributed by atoms with Gasteiger partial charge in [0.1, 0.15) is 0 Å². The fourth-order valence-electron chi connectivity index (χ4n) is 1.44. The van der Waals surface area contributed by atoms with E-state index in [-0.39, 0.29) is 5.91 Å². The minimum Gasteiger partial charge on any atom is -0.381 e. The lowest BCUT2D eigenvalue weighted by Crippen LogP contribution is -2.23. The van der Waals surface area contributed by atoms with Crippen molar-refractivity contribution in [1.29, 1.82) is 0 Å². The molecule has 0 aliphatic heterocycles. The van der Waals surface area contributed by atoms with Crippen molar-refractivity contribution in [2.45, 2.75) is 26.2 Å². The molecule has 0 aliphatic rings. The molecule has 1 aromatic heterocycles. The van der Waals surface area contributed by atoms with Crippen LogP contribution in [0.2, 0.25) is 0 Å². The highest BCUT2D eigenvalue weighted by molar-refractivity contribution is 5.91. The van der Waals surface area contributed by atoms with Crippen molar-refractivity contribution < 1.29 is 9.53 Å². The van der Waals surface area contributed by atoms with Crippen molar-refractivity contribution in [2.75, 3.05) is 19.8 Å². The molecule has 19 heavy (non-hydrogen) atoms. The molecule has 1 aromatic rings. The van der Waals surface area contributed by atoms with Crippen LogP contribution in [0.3, 0.4) is 0 Å². The number of hydrogen-bond donors (Lipinski definition) is 1. The fraction of sp³-hybridized carbons (Fsp3) is 0.467. The Morgan fingerprint density at radius 1 is 1.42 bits per heavy atom. The third-order valence-electron chi connectivity index (χ3n) is 2.52. The highest BCUT2D eigenvalue weighted by Gasteiger charge is 1.95. The lowest BCUT2D eigenvalue weighted by atomic mass is 10.2. The van der Waals surface area contributed by atoms with Crippen molar-refractivity contribution in [3.05, 3.63) is 36.2 Å². The Kier molecular flexibility index (Phi) is 8.31. The molecule has 0 radical (unpaired) electrons. The zero-order valence-electron chi connectivity index (χ0n) is 11.5. The lowest BCUT2D eigenvalue weighted by Gasteiger charge is -2.03. The molecule has 1 rings (SSSR count). The van der Waals surface area contributed by atoms with Gasteiger partial charge in [0, 0.05) is 38.2 Å². The van der Waals surface area contributed by atoms with E-state index in [2.05, 4.69) is 17.2 Å². The Hall–Kier alpha value is -1.68. The van der Waals surface area contributed by atoms with Gasteiger partial charge in [-0.05, 0) is 30.5 Å². The molecule has 0 spiro atoms. The highest BCUT2D eigenvalue weighted by atomic mass is 16.5. The Labute approximate surface area is 114 Å². The molecule has 0 atom stereocenters. The van der Waals surface area contributed by atoms with E-state index in [1.807, 2.05) is 12.1 Å². The second kappa shape index (κ2) is 10.3. The summed E-state index contributed by atoms with van der Waals surface area (Å²) >= 11 is 0. The summed E-state index contributed by atoms with van der Waals surface area (Å²) in [6.45, 7) is 4.29. The van der Waals surface area contributed by atoms with Gasteiger partial charge in [0.25, 0.3) is 0 Å². The van der Waals surface area contributed by atoms with E-state index < -0.39 is 0 Å². The summed E-state index contributed by atoms with van der Waals surface area (Å²) in [5.74, 6) is -0.0857. The molecule has 0 fully saturated rings. The number of hydrogen-bond acceptors (Lipinski definition) is 3. The van der Waals surface area contributed by atoms with Crippen molar-refractivity contribution in [3.8, 4) is 0 Å². The van der Waals surface area contributed by atoms with E-state index in [1.54, 1.807) is 18.5 Å². The molecule has 0 saturated carbocycles. The van der Waals surface area contributed by atoms with Gasteiger partial charge in [0.15, 0.2) is 0 Å². The first-order chi connectivity index (χ1) is 9.33. The average Bonchev–Trinajstić information content (AvgIpc) is 2.45. The zero-order chi connectivity index (χ0) is 13.8. The normalized spacial score (nSPS) is 10.8. The van der Waals surface area contributed by atoms with Gasteiger partial charge in [-0.25, -0.2) is 0 Å². The van der Waals surface area contributed by atoms with Crippen LogP contribution >= 0.6 is 0 Å².